The number of halogens is 3. The summed E-state index contributed by atoms with van der Waals surface area (Å²) in [5.41, 5.74) is 0. The van der Waals surface area contributed by atoms with Gasteiger partial charge in [0.25, 0.3) is 0 Å². The highest BCUT2D eigenvalue weighted by molar-refractivity contribution is 6.72. The summed E-state index contributed by atoms with van der Waals surface area (Å²) < 4.78 is 41.3. The van der Waals surface area contributed by atoms with Crippen LogP contribution in [0, 0.1) is 0 Å². The highest BCUT2D eigenvalue weighted by Crippen LogP contribution is 2.23. The normalized spacial score (nSPS) is 12.4. The minimum atomic E-state index is -4.87. The molecule has 0 fully saturated rings. The quantitative estimate of drug-likeness (QED) is 0.244. The third kappa shape index (κ3) is 13.9. The first-order chi connectivity index (χ1) is 11.2. The molecule has 0 atom stereocenters. The van der Waals surface area contributed by atoms with Crippen LogP contribution in [0.1, 0.15) is 84.0 Å². The fourth-order valence-corrected chi connectivity index (χ4v) is 4.57. The monoisotopic (exact) mass is 368 g/mol. The third-order valence-corrected chi connectivity index (χ3v) is 6.53. The van der Waals surface area contributed by atoms with Gasteiger partial charge in [0, 0.05) is 0 Å². The number of alkyl halides is 3. The maximum absolute atomic E-state index is 12.2. The Bertz CT molecular complexity index is 331. The summed E-state index contributed by atoms with van der Waals surface area (Å²) in [5, 5.41) is 0. The van der Waals surface area contributed by atoms with E-state index in [0.717, 1.165) is 19.3 Å². The standard InChI is InChI=1S/C18H35F3O2Si/c1-4-5-6-7-8-9-10-11-12-13-14-15-16-24(2,3)23-17(22)18(19,20)21/h4-16H2,1-3H3. The Balaban J connectivity index is 3.50. The lowest BCUT2D eigenvalue weighted by Gasteiger charge is -2.23. The molecular formula is C18H35F3O2Si. The third-order valence-electron chi connectivity index (χ3n) is 4.23. The Hall–Kier alpha value is -0.523. The first kappa shape index (κ1) is 23.5. The van der Waals surface area contributed by atoms with Crippen molar-refractivity contribution < 1.29 is 22.4 Å². The summed E-state index contributed by atoms with van der Waals surface area (Å²) in [6.07, 6.45) is 9.83. The SMILES string of the molecule is CCCCCCCCCCCCCC[Si](C)(C)OC(=O)C(F)(F)F. The average molecular weight is 369 g/mol. The van der Waals surface area contributed by atoms with Crippen LogP contribution in [0.4, 0.5) is 13.2 Å². The smallest absolute Gasteiger partial charge is 0.489 e. The molecule has 0 aliphatic heterocycles. The number of carbonyl (C=O) groups is 1. The Morgan fingerprint density at radius 3 is 1.54 bits per heavy atom. The van der Waals surface area contributed by atoms with E-state index in [0.29, 0.717) is 6.04 Å². The van der Waals surface area contributed by atoms with E-state index in [4.69, 9.17) is 0 Å². The Kier molecular flexibility index (Phi) is 12.5. The van der Waals surface area contributed by atoms with Crippen molar-refractivity contribution in [2.24, 2.45) is 0 Å². The second-order valence-electron chi connectivity index (χ2n) is 7.29. The summed E-state index contributed by atoms with van der Waals surface area (Å²) in [7, 11) is -2.54. The molecule has 0 saturated heterocycles. The molecule has 0 spiro atoms. The van der Waals surface area contributed by atoms with E-state index in [1.807, 2.05) is 0 Å². The van der Waals surface area contributed by atoms with E-state index in [-0.39, 0.29) is 0 Å². The largest absolute Gasteiger partial charge is 0.513 e. The predicted octanol–water partition coefficient (Wildman–Crippen LogP) is 7.00. The van der Waals surface area contributed by atoms with Crippen molar-refractivity contribution in [2.75, 3.05) is 0 Å². The minimum absolute atomic E-state index is 0.603. The Labute approximate surface area is 146 Å². The van der Waals surface area contributed by atoms with Gasteiger partial charge in [0.05, 0.1) is 0 Å². The average Bonchev–Trinajstić information content (AvgIpc) is 2.47. The number of carbonyl (C=O) groups excluding carboxylic acids is 1. The number of hydrogen-bond acceptors (Lipinski definition) is 2. The maximum atomic E-state index is 12.2. The van der Waals surface area contributed by atoms with Crippen LogP contribution < -0.4 is 0 Å². The van der Waals surface area contributed by atoms with Crippen LogP contribution in [-0.4, -0.2) is 20.5 Å². The van der Waals surface area contributed by atoms with Crippen molar-refractivity contribution in [2.45, 2.75) is 109 Å². The van der Waals surface area contributed by atoms with E-state index in [1.54, 1.807) is 13.1 Å². The molecule has 0 unspecified atom stereocenters. The van der Waals surface area contributed by atoms with Crippen LogP contribution in [0.2, 0.25) is 19.1 Å². The second kappa shape index (κ2) is 12.8. The molecule has 6 heteroatoms. The molecule has 2 nitrogen and oxygen atoms in total. The predicted molar refractivity (Wildman–Crippen MR) is 95.5 cm³/mol. The van der Waals surface area contributed by atoms with Gasteiger partial charge in [0.2, 0.25) is 8.32 Å². The van der Waals surface area contributed by atoms with Gasteiger partial charge in [0.1, 0.15) is 0 Å². The van der Waals surface area contributed by atoms with Crippen LogP contribution in [0.25, 0.3) is 0 Å². The fraction of sp³-hybridized carbons (Fsp3) is 0.944. The maximum Gasteiger partial charge on any atom is 0.489 e. The number of unbranched alkanes of at least 4 members (excludes halogenated alkanes) is 11. The van der Waals surface area contributed by atoms with Crippen molar-refractivity contribution in [3.8, 4) is 0 Å². The van der Waals surface area contributed by atoms with Crippen molar-refractivity contribution in [1.82, 2.24) is 0 Å². The Morgan fingerprint density at radius 2 is 1.17 bits per heavy atom. The summed E-state index contributed by atoms with van der Waals surface area (Å²) in [4.78, 5) is 10.9. The van der Waals surface area contributed by atoms with Crippen molar-refractivity contribution in [1.29, 1.82) is 0 Å². The van der Waals surface area contributed by atoms with Gasteiger partial charge in [0.15, 0.2) is 0 Å². The molecule has 0 aromatic carbocycles. The zero-order valence-electron chi connectivity index (χ0n) is 15.6. The topological polar surface area (TPSA) is 26.3 Å². The molecule has 0 aromatic rings. The van der Waals surface area contributed by atoms with Gasteiger partial charge in [-0.15, -0.1) is 0 Å². The fourth-order valence-electron chi connectivity index (χ4n) is 2.75. The van der Waals surface area contributed by atoms with Gasteiger partial charge >= 0.3 is 12.1 Å². The molecule has 0 bridgehead atoms. The summed E-state index contributed by atoms with van der Waals surface area (Å²) in [6, 6.07) is 0.603. The molecule has 0 heterocycles. The van der Waals surface area contributed by atoms with Crippen LogP contribution in [-0.2, 0) is 9.22 Å². The van der Waals surface area contributed by atoms with Gasteiger partial charge in [-0.3, -0.25) is 0 Å². The number of hydrogen-bond donors (Lipinski definition) is 0. The highest BCUT2D eigenvalue weighted by Gasteiger charge is 2.44. The van der Waals surface area contributed by atoms with Gasteiger partial charge in [-0.05, 0) is 19.1 Å². The molecule has 0 aliphatic carbocycles. The lowest BCUT2D eigenvalue weighted by molar-refractivity contribution is -0.190. The summed E-state index contributed by atoms with van der Waals surface area (Å²) >= 11 is 0. The van der Waals surface area contributed by atoms with E-state index in [2.05, 4.69) is 11.3 Å². The molecule has 144 valence electrons. The van der Waals surface area contributed by atoms with Crippen LogP contribution in [0.5, 0.6) is 0 Å². The van der Waals surface area contributed by atoms with Crippen molar-refractivity contribution in [3.05, 3.63) is 0 Å². The van der Waals surface area contributed by atoms with Gasteiger partial charge in [-0.25, -0.2) is 4.79 Å². The van der Waals surface area contributed by atoms with Gasteiger partial charge < -0.3 is 4.43 Å². The van der Waals surface area contributed by atoms with Crippen molar-refractivity contribution >= 4 is 14.3 Å². The Morgan fingerprint density at radius 1 is 0.792 bits per heavy atom. The zero-order valence-corrected chi connectivity index (χ0v) is 16.6. The van der Waals surface area contributed by atoms with Gasteiger partial charge in [-0.2, -0.15) is 13.2 Å². The minimum Gasteiger partial charge on any atom is -0.513 e. The molecule has 0 aliphatic rings. The zero-order chi connectivity index (χ0) is 18.5. The lowest BCUT2D eigenvalue weighted by Crippen LogP contribution is -2.39. The molecule has 0 rings (SSSR count). The summed E-state index contributed by atoms with van der Waals surface area (Å²) in [5.74, 6) is -2.03. The molecule has 0 aromatic heterocycles. The second-order valence-corrected chi connectivity index (χ2v) is 11.5. The molecular weight excluding hydrogens is 333 g/mol. The molecule has 0 amide bonds. The number of rotatable bonds is 14. The van der Waals surface area contributed by atoms with Crippen molar-refractivity contribution in [3.63, 3.8) is 0 Å². The highest BCUT2D eigenvalue weighted by atomic mass is 28.4. The van der Waals surface area contributed by atoms with E-state index in [1.165, 1.54) is 57.8 Å². The van der Waals surface area contributed by atoms with Crippen LogP contribution in [0.3, 0.4) is 0 Å². The first-order valence-corrected chi connectivity index (χ1v) is 12.6. The first-order valence-electron chi connectivity index (χ1n) is 9.49. The molecule has 0 radical (unpaired) electrons. The van der Waals surface area contributed by atoms with Gasteiger partial charge in [-0.1, -0.05) is 84.0 Å². The van der Waals surface area contributed by atoms with Crippen LogP contribution >= 0.6 is 0 Å². The summed E-state index contributed by atoms with van der Waals surface area (Å²) in [6.45, 7) is 5.58. The molecule has 24 heavy (non-hydrogen) atoms. The van der Waals surface area contributed by atoms with E-state index in [9.17, 15) is 18.0 Å². The van der Waals surface area contributed by atoms with E-state index < -0.39 is 20.5 Å². The lowest BCUT2D eigenvalue weighted by atomic mass is 10.1. The van der Waals surface area contributed by atoms with Crippen LogP contribution in [0.15, 0.2) is 0 Å². The molecule has 0 N–H and O–H groups in total. The molecule has 0 saturated carbocycles. The van der Waals surface area contributed by atoms with E-state index >= 15 is 0 Å².